The summed E-state index contributed by atoms with van der Waals surface area (Å²) >= 11 is 0. The molecule has 0 aromatic carbocycles. The lowest BCUT2D eigenvalue weighted by Crippen LogP contribution is -2.03. The summed E-state index contributed by atoms with van der Waals surface area (Å²) in [6.07, 6.45) is 6.32. The highest BCUT2D eigenvalue weighted by Gasteiger charge is 2.10. The Kier molecular flexibility index (Phi) is 7.97. The third-order valence-electron chi connectivity index (χ3n) is 2.20. The van der Waals surface area contributed by atoms with Crippen LogP contribution < -0.4 is 0 Å². The normalized spacial score (nSPS) is 21.5. The average Bonchev–Trinajstić information content (AvgIpc) is 1.88. The van der Waals surface area contributed by atoms with Gasteiger partial charge < -0.3 is 0 Å². The highest BCUT2D eigenvalue weighted by molar-refractivity contribution is 5.85. The molecule has 1 atom stereocenters. The lowest BCUT2D eigenvalue weighted by atomic mass is 9.87. The first-order valence-electron chi connectivity index (χ1n) is 4.03. The second kappa shape index (κ2) is 6.56. The van der Waals surface area contributed by atoms with Gasteiger partial charge in [-0.2, -0.15) is 0 Å². The Morgan fingerprint density at radius 3 is 2.42 bits per heavy atom. The van der Waals surface area contributed by atoms with Gasteiger partial charge in [-0.15, -0.1) is 24.8 Å². The van der Waals surface area contributed by atoms with E-state index in [1.807, 2.05) is 0 Å². The first-order valence-corrected chi connectivity index (χ1v) is 4.03. The van der Waals surface area contributed by atoms with Crippen LogP contribution in [0.3, 0.4) is 0 Å². The van der Waals surface area contributed by atoms with Crippen LogP contribution in [0.1, 0.15) is 33.1 Å². The van der Waals surface area contributed by atoms with Gasteiger partial charge >= 0.3 is 0 Å². The molecule has 1 aliphatic carbocycles. The Balaban J connectivity index is 0. The van der Waals surface area contributed by atoms with E-state index in [0.717, 1.165) is 0 Å². The summed E-state index contributed by atoms with van der Waals surface area (Å²) in [5.74, 6) is 0.675. The molecule has 0 aromatic heterocycles. The summed E-state index contributed by atoms with van der Waals surface area (Å²) in [5.41, 5.74) is 2.86. The van der Waals surface area contributed by atoms with Gasteiger partial charge in [0.05, 0.1) is 0 Å². The zero-order valence-corrected chi connectivity index (χ0v) is 9.43. The van der Waals surface area contributed by atoms with Crippen molar-refractivity contribution in [2.24, 2.45) is 5.92 Å². The predicted octanol–water partition coefficient (Wildman–Crippen LogP) is 4.15. The second-order valence-corrected chi connectivity index (χ2v) is 3.36. The highest BCUT2D eigenvalue weighted by atomic mass is 35.5. The molecule has 72 valence electrons. The Labute approximate surface area is 87.9 Å². The molecule has 1 aliphatic rings. The molecule has 2 heteroatoms. The van der Waals surface area contributed by atoms with Crippen molar-refractivity contribution < 1.29 is 0 Å². The van der Waals surface area contributed by atoms with Gasteiger partial charge in [0, 0.05) is 0 Å². The molecule has 1 rings (SSSR count). The van der Waals surface area contributed by atoms with E-state index >= 15 is 0 Å². The van der Waals surface area contributed by atoms with Crippen LogP contribution >= 0.6 is 24.8 Å². The summed E-state index contributed by atoms with van der Waals surface area (Å²) in [6.45, 7) is 8.31. The van der Waals surface area contributed by atoms with Gasteiger partial charge in [-0.25, -0.2) is 0 Å². The number of allylic oxidation sites excluding steroid dienone is 3. The van der Waals surface area contributed by atoms with E-state index in [9.17, 15) is 0 Å². The topological polar surface area (TPSA) is 0 Å². The van der Waals surface area contributed by atoms with Crippen LogP contribution in [0, 0.1) is 5.92 Å². The molecule has 12 heavy (non-hydrogen) atoms. The Morgan fingerprint density at radius 2 is 2.08 bits per heavy atom. The van der Waals surface area contributed by atoms with E-state index in [-0.39, 0.29) is 24.8 Å². The summed E-state index contributed by atoms with van der Waals surface area (Å²) < 4.78 is 0. The molecule has 0 spiro atoms. The SMILES string of the molecule is C=C(C)C1C=C(C)CCC1.Cl.Cl. The highest BCUT2D eigenvalue weighted by Crippen LogP contribution is 2.26. The van der Waals surface area contributed by atoms with Crippen molar-refractivity contribution in [3.63, 3.8) is 0 Å². The van der Waals surface area contributed by atoms with E-state index in [0.29, 0.717) is 5.92 Å². The Hall–Kier alpha value is 0.0600. The first-order chi connectivity index (χ1) is 4.70. The Morgan fingerprint density at radius 1 is 1.50 bits per heavy atom. The van der Waals surface area contributed by atoms with Crippen LogP contribution in [-0.2, 0) is 0 Å². The molecule has 0 amide bonds. The minimum absolute atomic E-state index is 0. The van der Waals surface area contributed by atoms with Crippen LogP contribution in [0.2, 0.25) is 0 Å². The largest absolute Gasteiger partial charge is 0.147 e. The molecular formula is C10H18Cl2. The van der Waals surface area contributed by atoms with E-state index in [1.165, 1.54) is 24.8 Å². The molecule has 0 aromatic rings. The van der Waals surface area contributed by atoms with Crippen molar-refractivity contribution in [3.8, 4) is 0 Å². The summed E-state index contributed by atoms with van der Waals surface area (Å²) in [4.78, 5) is 0. The molecule has 0 bridgehead atoms. The maximum Gasteiger partial charge on any atom is -0.00261 e. The summed E-state index contributed by atoms with van der Waals surface area (Å²) in [7, 11) is 0. The van der Waals surface area contributed by atoms with Gasteiger partial charge in [0.15, 0.2) is 0 Å². The van der Waals surface area contributed by atoms with E-state index in [2.05, 4.69) is 26.5 Å². The van der Waals surface area contributed by atoms with Gasteiger partial charge in [-0.3, -0.25) is 0 Å². The molecule has 0 N–H and O–H groups in total. The van der Waals surface area contributed by atoms with Crippen molar-refractivity contribution in [2.75, 3.05) is 0 Å². The number of rotatable bonds is 1. The number of hydrogen-bond donors (Lipinski definition) is 0. The molecule has 0 nitrogen and oxygen atoms in total. The van der Waals surface area contributed by atoms with E-state index in [1.54, 1.807) is 5.57 Å². The second-order valence-electron chi connectivity index (χ2n) is 3.36. The predicted molar refractivity (Wildman–Crippen MR) is 60.4 cm³/mol. The average molecular weight is 209 g/mol. The molecule has 0 saturated carbocycles. The standard InChI is InChI=1S/C10H16.2ClH/c1-8(2)10-6-4-5-9(3)7-10;;/h7,10H,1,4-6H2,2-3H3;2*1H. The smallest absolute Gasteiger partial charge is 0.00261 e. The van der Waals surface area contributed by atoms with Crippen molar-refractivity contribution in [2.45, 2.75) is 33.1 Å². The zero-order chi connectivity index (χ0) is 7.56. The monoisotopic (exact) mass is 208 g/mol. The third kappa shape index (κ3) is 4.18. The van der Waals surface area contributed by atoms with Gasteiger partial charge in [-0.1, -0.05) is 23.8 Å². The molecule has 0 fully saturated rings. The fourth-order valence-corrected chi connectivity index (χ4v) is 1.50. The lowest BCUT2D eigenvalue weighted by Gasteiger charge is -2.18. The maximum absolute atomic E-state index is 3.97. The zero-order valence-electron chi connectivity index (χ0n) is 7.80. The van der Waals surface area contributed by atoms with Gasteiger partial charge in [0.1, 0.15) is 0 Å². The lowest BCUT2D eigenvalue weighted by molar-refractivity contribution is 0.589. The third-order valence-corrected chi connectivity index (χ3v) is 2.20. The fraction of sp³-hybridized carbons (Fsp3) is 0.600. The van der Waals surface area contributed by atoms with E-state index < -0.39 is 0 Å². The minimum atomic E-state index is 0. The van der Waals surface area contributed by atoms with Crippen LogP contribution in [0.4, 0.5) is 0 Å². The maximum atomic E-state index is 3.97. The molecule has 0 saturated heterocycles. The van der Waals surface area contributed by atoms with Crippen LogP contribution in [0.15, 0.2) is 23.8 Å². The molecule has 0 radical (unpaired) electrons. The number of halogens is 2. The van der Waals surface area contributed by atoms with Crippen molar-refractivity contribution in [1.82, 2.24) is 0 Å². The Bertz CT molecular complexity index is 171. The fourth-order valence-electron chi connectivity index (χ4n) is 1.50. The van der Waals surface area contributed by atoms with Crippen molar-refractivity contribution in [3.05, 3.63) is 23.8 Å². The van der Waals surface area contributed by atoms with Gasteiger partial charge in [0.25, 0.3) is 0 Å². The van der Waals surface area contributed by atoms with Gasteiger partial charge in [0.2, 0.25) is 0 Å². The van der Waals surface area contributed by atoms with Crippen LogP contribution in [-0.4, -0.2) is 0 Å². The van der Waals surface area contributed by atoms with Gasteiger partial charge in [-0.05, 0) is 39.0 Å². The quantitative estimate of drug-likeness (QED) is 0.569. The molecule has 0 heterocycles. The minimum Gasteiger partial charge on any atom is -0.147 e. The van der Waals surface area contributed by atoms with Crippen LogP contribution in [0.5, 0.6) is 0 Å². The molecule has 1 unspecified atom stereocenters. The van der Waals surface area contributed by atoms with E-state index in [4.69, 9.17) is 0 Å². The number of hydrogen-bond acceptors (Lipinski definition) is 0. The molecule has 0 aliphatic heterocycles. The summed E-state index contributed by atoms with van der Waals surface area (Å²) in [6, 6.07) is 0. The molecular weight excluding hydrogens is 191 g/mol. The van der Waals surface area contributed by atoms with Crippen molar-refractivity contribution >= 4 is 24.8 Å². The van der Waals surface area contributed by atoms with Crippen molar-refractivity contribution in [1.29, 1.82) is 0 Å². The van der Waals surface area contributed by atoms with Crippen LogP contribution in [0.25, 0.3) is 0 Å². The first kappa shape index (κ1) is 14.6. The summed E-state index contributed by atoms with van der Waals surface area (Å²) in [5, 5.41) is 0.